The maximum Gasteiger partial charge on any atom is 0.336 e. The molecule has 0 aromatic carbocycles. The lowest BCUT2D eigenvalue weighted by Gasteiger charge is -2.01. The van der Waals surface area contributed by atoms with Gasteiger partial charge in [-0.2, -0.15) is 4.98 Å². The van der Waals surface area contributed by atoms with Gasteiger partial charge in [0.25, 0.3) is 0 Å². The van der Waals surface area contributed by atoms with E-state index in [4.69, 9.17) is 4.74 Å². The molecule has 0 fully saturated rings. The van der Waals surface area contributed by atoms with Crippen LogP contribution in [0, 0.1) is 0 Å². The van der Waals surface area contributed by atoms with Crippen molar-refractivity contribution in [1.82, 2.24) is 20.5 Å². The molecule has 2 amide bonds. The lowest BCUT2D eigenvalue weighted by molar-refractivity contribution is 0.252. The van der Waals surface area contributed by atoms with Gasteiger partial charge < -0.3 is 10.1 Å². The van der Waals surface area contributed by atoms with Gasteiger partial charge >= 0.3 is 12.0 Å². The van der Waals surface area contributed by atoms with Gasteiger partial charge in [-0.15, -0.1) is 5.10 Å². The standard InChI is InChI=1S/C7H13N5O2/c1-3-4-8-6(13)9-5-10-7(14-2)12-11-5/h3-4H2,1-2H3,(H3,8,9,10,11,12,13). The average molecular weight is 199 g/mol. The zero-order chi connectivity index (χ0) is 10.4. The Bertz CT molecular complexity index is 298. The zero-order valence-electron chi connectivity index (χ0n) is 8.13. The first-order valence-electron chi connectivity index (χ1n) is 4.27. The Morgan fingerprint density at radius 1 is 1.64 bits per heavy atom. The third-order valence-corrected chi connectivity index (χ3v) is 1.41. The van der Waals surface area contributed by atoms with E-state index in [-0.39, 0.29) is 18.0 Å². The van der Waals surface area contributed by atoms with E-state index in [0.717, 1.165) is 6.42 Å². The van der Waals surface area contributed by atoms with Gasteiger partial charge in [-0.05, 0) is 6.42 Å². The van der Waals surface area contributed by atoms with E-state index in [2.05, 4.69) is 25.8 Å². The molecule has 0 unspecified atom stereocenters. The van der Waals surface area contributed by atoms with E-state index in [1.165, 1.54) is 7.11 Å². The number of H-pyrrole nitrogens is 1. The first-order valence-corrected chi connectivity index (χ1v) is 4.27. The molecule has 14 heavy (non-hydrogen) atoms. The second-order valence-corrected chi connectivity index (χ2v) is 2.55. The second-order valence-electron chi connectivity index (χ2n) is 2.55. The molecule has 0 aliphatic heterocycles. The highest BCUT2D eigenvalue weighted by atomic mass is 16.5. The Kier molecular flexibility index (Phi) is 3.71. The topological polar surface area (TPSA) is 91.9 Å². The third-order valence-electron chi connectivity index (χ3n) is 1.41. The van der Waals surface area contributed by atoms with Crippen molar-refractivity contribution in [3.05, 3.63) is 0 Å². The van der Waals surface area contributed by atoms with Crippen molar-refractivity contribution in [2.75, 3.05) is 19.0 Å². The minimum atomic E-state index is -0.314. The lowest BCUT2D eigenvalue weighted by Crippen LogP contribution is -2.29. The first-order chi connectivity index (χ1) is 6.76. The molecule has 78 valence electrons. The summed E-state index contributed by atoms with van der Waals surface area (Å²) >= 11 is 0. The highest BCUT2D eigenvalue weighted by Crippen LogP contribution is 2.03. The molecular formula is C7H13N5O2. The van der Waals surface area contributed by atoms with Crippen LogP contribution in [0.5, 0.6) is 6.01 Å². The van der Waals surface area contributed by atoms with Gasteiger partial charge in [-0.25, -0.2) is 9.89 Å². The molecule has 1 aromatic rings. The summed E-state index contributed by atoms with van der Waals surface area (Å²) in [5.74, 6) is 0.260. The number of carbonyl (C=O) groups excluding carboxylic acids is 1. The van der Waals surface area contributed by atoms with E-state index in [0.29, 0.717) is 6.54 Å². The van der Waals surface area contributed by atoms with E-state index < -0.39 is 0 Å². The molecular weight excluding hydrogens is 186 g/mol. The number of aromatic amines is 1. The van der Waals surface area contributed by atoms with Crippen LogP contribution in [0.2, 0.25) is 0 Å². The fourth-order valence-corrected chi connectivity index (χ4v) is 0.784. The monoisotopic (exact) mass is 199 g/mol. The molecule has 0 aliphatic rings. The number of rotatable bonds is 4. The summed E-state index contributed by atoms with van der Waals surface area (Å²) in [4.78, 5) is 14.9. The number of urea groups is 1. The second kappa shape index (κ2) is 5.05. The summed E-state index contributed by atoms with van der Waals surface area (Å²) in [5.41, 5.74) is 0. The van der Waals surface area contributed by atoms with Crippen LogP contribution in [-0.2, 0) is 0 Å². The van der Waals surface area contributed by atoms with Crippen molar-refractivity contribution in [2.45, 2.75) is 13.3 Å². The fraction of sp³-hybridized carbons (Fsp3) is 0.571. The summed E-state index contributed by atoms with van der Waals surface area (Å²) in [5, 5.41) is 11.3. The Balaban J connectivity index is 2.39. The molecule has 0 spiro atoms. The maximum absolute atomic E-state index is 11.1. The van der Waals surface area contributed by atoms with Gasteiger partial charge in [0.1, 0.15) is 0 Å². The molecule has 7 heteroatoms. The third kappa shape index (κ3) is 2.92. The van der Waals surface area contributed by atoms with Crippen molar-refractivity contribution in [2.24, 2.45) is 0 Å². The molecule has 0 saturated carbocycles. The fourth-order valence-electron chi connectivity index (χ4n) is 0.784. The molecule has 0 bridgehead atoms. The van der Waals surface area contributed by atoms with Gasteiger partial charge in [0.15, 0.2) is 0 Å². The molecule has 1 rings (SSSR count). The highest BCUT2D eigenvalue weighted by molar-refractivity contribution is 5.87. The minimum absolute atomic E-state index is 0.191. The largest absolute Gasteiger partial charge is 0.466 e. The van der Waals surface area contributed by atoms with Crippen LogP contribution in [0.3, 0.4) is 0 Å². The van der Waals surface area contributed by atoms with Crippen LogP contribution in [0.4, 0.5) is 10.7 Å². The summed E-state index contributed by atoms with van der Waals surface area (Å²) in [6, 6.07) is -0.124. The zero-order valence-corrected chi connectivity index (χ0v) is 8.13. The number of hydrogen-bond acceptors (Lipinski definition) is 4. The van der Waals surface area contributed by atoms with Crippen LogP contribution in [0.15, 0.2) is 0 Å². The number of nitrogens with zero attached hydrogens (tertiary/aromatic N) is 2. The molecule has 1 heterocycles. The number of methoxy groups -OCH3 is 1. The van der Waals surface area contributed by atoms with E-state index in [9.17, 15) is 4.79 Å². The molecule has 0 aliphatic carbocycles. The molecule has 1 aromatic heterocycles. The minimum Gasteiger partial charge on any atom is -0.466 e. The van der Waals surface area contributed by atoms with Crippen molar-refractivity contribution < 1.29 is 9.53 Å². The van der Waals surface area contributed by atoms with Gasteiger partial charge in [0.05, 0.1) is 7.11 Å². The van der Waals surface area contributed by atoms with Crippen LogP contribution in [0.25, 0.3) is 0 Å². The molecule has 7 nitrogen and oxygen atoms in total. The van der Waals surface area contributed by atoms with E-state index >= 15 is 0 Å². The van der Waals surface area contributed by atoms with Gasteiger partial charge in [0.2, 0.25) is 5.95 Å². The Labute approximate surface area is 81.2 Å². The number of hydrogen-bond donors (Lipinski definition) is 3. The van der Waals surface area contributed by atoms with Crippen molar-refractivity contribution in [3.63, 3.8) is 0 Å². The lowest BCUT2D eigenvalue weighted by atomic mass is 10.5. The molecule has 0 atom stereocenters. The van der Waals surface area contributed by atoms with Crippen molar-refractivity contribution in [3.8, 4) is 6.01 Å². The molecule has 0 radical (unpaired) electrons. The van der Waals surface area contributed by atoms with Crippen molar-refractivity contribution >= 4 is 12.0 Å². The van der Waals surface area contributed by atoms with Crippen LogP contribution in [-0.4, -0.2) is 34.9 Å². The number of carbonyl (C=O) groups is 1. The summed E-state index contributed by atoms with van der Waals surface area (Å²) < 4.78 is 4.73. The Hall–Kier alpha value is -1.79. The predicted octanol–water partition coefficient (Wildman–Crippen LogP) is 0.345. The Morgan fingerprint density at radius 3 is 3.00 bits per heavy atom. The van der Waals surface area contributed by atoms with E-state index in [1.807, 2.05) is 6.92 Å². The summed E-state index contributed by atoms with van der Waals surface area (Å²) in [6.45, 7) is 2.59. The summed E-state index contributed by atoms with van der Waals surface area (Å²) in [6.07, 6.45) is 0.882. The predicted molar refractivity (Wildman–Crippen MR) is 50.2 cm³/mol. The number of amides is 2. The van der Waals surface area contributed by atoms with Crippen LogP contribution in [0.1, 0.15) is 13.3 Å². The van der Waals surface area contributed by atoms with Crippen molar-refractivity contribution in [1.29, 1.82) is 0 Å². The number of anilines is 1. The van der Waals surface area contributed by atoms with Gasteiger partial charge in [-0.1, -0.05) is 6.92 Å². The first kappa shape index (κ1) is 10.3. The Morgan fingerprint density at radius 2 is 2.43 bits per heavy atom. The normalized spacial score (nSPS) is 9.57. The van der Waals surface area contributed by atoms with Crippen LogP contribution < -0.4 is 15.4 Å². The quantitative estimate of drug-likeness (QED) is 0.652. The number of aromatic nitrogens is 3. The molecule has 0 saturated heterocycles. The smallest absolute Gasteiger partial charge is 0.336 e. The average Bonchev–Trinajstić information content (AvgIpc) is 2.62. The van der Waals surface area contributed by atoms with Gasteiger partial charge in [0, 0.05) is 6.54 Å². The highest BCUT2D eigenvalue weighted by Gasteiger charge is 2.05. The molecule has 3 N–H and O–H groups in total. The van der Waals surface area contributed by atoms with Crippen LogP contribution >= 0.6 is 0 Å². The van der Waals surface area contributed by atoms with E-state index in [1.54, 1.807) is 0 Å². The number of nitrogens with one attached hydrogen (secondary N) is 3. The van der Waals surface area contributed by atoms with Gasteiger partial charge in [-0.3, -0.25) is 5.32 Å². The number of ether oxygens (including phenoxy) is 1. The maximum atomic E-state index is 11.1. The SMILES string of the molecule is CCCNC(=O)Nc1nc(OC)n[nH]1. The summed E-state index contributed by atoms with van der Waals surface area (Å²) in [7, 11) is 1.45.